The first-order chi connectivity index (χ1) is 12.7. The summed E-state index contributed by atoms with van der Waals surface area (Å²) in [7, 11) is 1.65. The van der Waals surface area contributed by atoms with Gasteiger partial charge in [-0.05, 0) is 42.3 Å². The van der Waals surface area contributed by atoms with Gasteiger partial charge in [-0.2, -0.15) is 0 Å². The van der Waals surface area contributed by atoms with Crippen molar-refractivity contribution in [3.8, 4) is 17.0 Å². The second kappa shape index (κ2) is 8.63. The molecule has 0 aliphatic carbocycles. The van der Waals surface area contributed by atoms with Crippen LogP contribution >= 0.6 is 11.3 Å². The van der Waals surface area contributed by atoms with E-state index in [0.717, 1.165) is 27.6 Å². The van der Waals surface area contributed by atoms with Gasteiger partial charge in [0, 0.05) is 30.3 Å². The van der Waals surface area contributed by atoms with Gasteiger partial charge in [0.2, 0.25) is 5.91 Å². The predicted molar refractivity (Wildman–Crippen MR) is 105 cm³/mol. The monoisotopic (exact) mass is 366 g/mol. The van der Waals surface area contributed by atoms with E-state index in [1.807, 2.05) is 47.8 Å². The molecule has 0 bridgehead atoms. The van der Waals surface area contributed by atoms with E-state index in [0.29, 0.717) is 19.4 Å². The fourth-order valence-electron chi connectivity index (χ4n) is 2.63. The molecule has 26 heavy (non-hydrogen) atoms. The standard InChI is InChI=1S/C21H22N2O2S/c1-15-5-3-4-6-17(15)13-22-20(24)11-12-21-23-19(14-26-21)16-7-9-18(25-2)10-8-16/h3-10,14H,11-13H2,1-2H3,(H,22,24). The molecule has 0 saturated heterocycles. The predicted octanol–water partition coefficient (Wildman–Crippen LogP) is 4.38. The minimum absolute atomic E-state index is 0.0504. The topological polar surface area (TPSA) is 51.2 Å². The lowest BCUT2D eigenvalue weighted by molar-refractivity contribution is -0.121. The average molecular weight is 366 g/mol. The lowest BCUT2D eigenvalue weighted by Gasteiger charge is -2.07. The molecule has 0 spiro atoms. The number of carbonyl (C=O) groups is 1. The second-order valence-electron chi connectivity index (χ2n) is 6.06. The molecule has 1 amide bonds. The summed E-state index contributed by atoms with van der Waals surface area (Å²) in [5, 5.41) is 5.99. The van der Waals surface area contributed by atoms with Crippen LogP contribution in [-0.4, -0.2) is 18.0 Å². The van der Waals surface area contributed by atoms with Crippen molar-refractivity contribution in [2.75, 3.05) is 7.11 Å². The van der Waals surface area contributed by atoms with E-state index < -0.39 is 0 Å². The summed E-state index contributed by atoms with van der Waals surface area (Å²) >= 11 is 1.59. The lowest BCUT2D eigenvalue weighted by Crippen LogP contribution is -2.23. The maximum Gasteiger partial charge on any atom is 0.220 e. The summed E-state index contributed by atoms with van der Waals surface area (Å²) in [4.78, 5) is 16.7. The smallest absolute Gasteiger partial charge is 0.220 e. The van der Waals surface area contributed by atoms with Crippen LogP contribution in [0.5, 0.6) is 5.75 Å². The Kier molecular flexibility index (Phi) is 6.02. The van der Waals surface area contributed by atoms with Crippen molar-refractivity contribution >= 4 is 17.2 Å². The van der Waals surface area contributed by atoms with E-state index in [-0.39, 0.29) is 5.91 Å². The lowest BCUT2D eigenvalue weighted by atomic mass is 10.1. The molecule has 3 rings (SSSR count). The minimum atomic E-state index is 0.0504. The number of hydrogen-bond donors (Lipinski definition) is 1. The van der Waals surface area contributed by atoms with Gasteiger partial charge in [-0.3, -0.25) is 4.79 Å². The molecule has 0 unspecified atom stereocenters. The van der Waals surface area contributed by atoms with Crippen molar-refractivity contribution < 1.29 is 9.53 Å². The van der Waals surface area contributed by atoms with E-state index in [4.69, 9.17) is 4.74 Å². The molecule has 0 saturated carbocycles. The Balaban J connectivity index is 1.51. The number of methoxy groups -OCH3 is 1. The maximum atomic E-state index is 12.1. The minimum Gasteiger partial charge on any atom is -0.497 e. The highest BCUT2D eigenvalue weighted by Crippen LogP contribution is 2.24. The van der Waals surface area contributed by atoms with Gasteiger partial charge in [0.15, 0.2) is 0 Å². The van der Waals surface area contributed by atoms with E-state index in [1.165, 1.54) is 5.56 Å². The van der Waals surface area contributed by atoms with Crippen molar-refractivity contribution in [3.05, 3.63) is 70.0 Å². The number of ether oxygens (including phenoxy) is 1. The van der Waals surface area contributed by atoms with Crippen LogP contribution in [0, 0.1) is 6.92 Å². The van der Waals surface area contributed by atoms with Crippen molar-refractivity contribution in [1.29, 1.82) is 0 Å². The van der Waals surface area contributed by atoms with Crippen LogP contribution in [0.4, 0.5) is 0 Å². The van der Waals surface area contributed by atoms with Gasteiger partial charge < -0.3 is 10.1 Å². The van der Waals surface area contributed by atoms with Gasteiger partial charge in [0.05, 0.1) is 17.8 Å². The molecule has 134 valence electrons. The number of amides is 1. The molecule has 0 atom stereocenters. The van der Waals surface area contributed by atoms with E-state index in [9.17, 15) is 4.79 Å². The molecule has 1 N–H and O–H groups in total. The van der Waals surface area contributed by atoms with Crippen LogP contribution in [-0.2, 0) is 17.8 Å². The summed E-state index contributed by atoms with van der Waals surface area (Å²) in [5.41, 5.74) is 4.33. The van der Waals surface area contributed by atoms with Crippen LogP contribution in [0.1, 0.15) is 22.6 Å². The fourth-order valence-corrected chi connectivity index (χ4v) is 3.44. The number of carbonyl (C=O) groups excluding carboxylic acids is 1. The van der Waals surface area contributed by atoms with Gasteiger partial charge in [-0.25, -0.2) is 4.98 Å². The zero-order valence-corrected chi connectivity index (χ0v) is 15.8. The normalized spacial score (nSPS) is 10.5. The van der Waals surface area contributed by atoms with Crippen molar-refractivity contribution in [2.24, 2.45) is 0 Å². The SMILES string of the molecule is COc1ccc(-c2csc(CCC(=O)NCc3ccccc3C)n2)cc1. The molecule has 1 aromatic heterocycles. The number of hydrogen-bond acceptors (Lipinski definition) is 4. The molecular weight excluding hydrogens is 344 g/mol. The Morgan fingerprint density at radius 2 is 1.92 bits per heavy atom. The molecule has 2 aromatic carbocycles. The number of nitrogens with zero attached hydrogens (tertiary/aromatic N) is 1. The quantitative estimate of drug-likeness (QED) is 0.675. The third-order valence-corrected chi connectivity index (χ3v) is 5.15. The van der Waals surface area contributed by atoms with Crippen LogP contribution < -0.4 is 10.1 Å². The van der Waals surface area contributed by atoms with Crippen molar-refractivity contribution in [1.82, 2.24) is 10.3 Å². The Morgan fingerprint density at radius 1 is 1.15 bits per heavy atom. The van der Waals surface area contributed by atoms with E-state index >= 15 is 0 Å². The molecular formula is C21H22N2O2S. The van der Waals surface area contributed by atoms with Crippen LogP contribution in [0.3, 0.4) is 0 Å². The largest absolute Gasteiger partial charge is 0.497 e. The van der Waals surface area contributed by atoms with Gasteiger partial charge in [0.1, 0.15) is 5.75 Å². The van der Waals surface area contributed by atoms with Crippen LogP contribution in [0.2, 0.25) is 0 Å². The van der Waals surface area contributed by atoms with Gasteiger partial charge in [-0.1, -0.05) is 24.3 Å². The first-order valence-electron chi connectivity index (χ1n) is 8.56. The first-order valence-corrected chi connectivity index (χ1v) is 9.43. The van der Waals surface area contributed by atoms with Crippen molar-refractivity contribution in [3.63, 3.8) is 0 Å². The Labute approximate surface area is 157 Å². The van der Waals surface area contributed by atoms with Gasteiger partial charge in [0.25, 0.3) is 0 Å². The zero-order valence-electron chi connectivity index (χ0n) is 15.0. The summed E-state index contributed by atoms with van der Waals surface area (Å²) in [6.07, 6.45) is 1.10. The average Bonchev–Trinajstić information content (AvgIpc) is 3.15. The van der Waals surface area contributed by atoms with Gasteiger partial charge >= 0.3 is 0 Å². The second-order valence-corrected chi connectivity index (χ2v) is 7.00. The molecule has 1 heterocycles. The highest BCUT2D eigenvalue weighted by molar-refractivity contribution is 7.09. The molecule has 0 aliphatic heterocycles. The number of nitrogens with one attached hydrogen (secondary N) is 1. The molecule has 0 aliphatic rings. The summed E-state index contributed by atoms with van der Waals surface area (Å²) in [6.45, 7) is 2.62. The number of thiazole rings is 1. The number of aromatic nitrogens is 1. The zero-order chi connectivity index (χ0) is 18.4. The molecule has 5 heteroatoms. The highest BCUT2D eigenvalue weighted by Gasteiger charge is 2.08. The molecule has 3 aromatic rings. The summed E-state index contributed by atoms with van der Waals surface area (Å²) < 4.78 is 5.18. The van der Waals surface area contributed by atoms with Crippen molar-refractivity contribution in [2.45, 2.75) is 26.3 Å². The fraction of sp³-hybridized carbons (Fsp3) is 0.238. The van der Waals surface area contributed by atoms with Crippen LogP contribution in [0.15, 0.2) is 53.9 Å². The molecule has 0 fully saturated rings. The Morgan fingerprint density at radius 3 is 2.65 bits per heavy atom. The van der Waals surface area contributed by atoms with Gasteiger partial charge in [-0.15, -0.1) is 11.3 Å². The molecule has 4 nitrogen and oxygen atoms in total. The third kappa shape index (κ3) is 4.70. The Hall–Kier alpha value is -2.66. The van der Waals surface area contributed by atoms with E-state index in [1.54, 1.807) is 18.4 Å². The number of rotatable bonds is 7. The highest BCUT2D eigenvalue weighted by atomic mass is 32.1. The number of aryl methyl sites for hydroxylation is 2. The maximum absolute atomic E-state index is 12.1. The molecule has 0 radical (unpaired) electrons. The van der Waals surface area contributed by atoms with E-state index in [2.05, 4.69) is 23.3 Å². The first kappa shape index (κ1) is 18.1. The third-order valence-electron chi connectivity index (χ3n) is 4.24. The summed E-state index contributed by atoms with van der Waals surface area (Å²) in [6, 6.07) is 15.9. The van der Waals surface area contributed by atoms with Crippen LogP contribution in [0.25, 0.3) is 11.3 Å². The number of benzene rings is 2. The Bertz CT molecular complexity index is 872. The summed E-state index contributed by atoms with van der Waals surface area (Å²) in [5.74, 6) is 0.879.